The lowest BCUT2D eigenvalue weighted by molar-refractivity contribution is -0.161. The lowest BCUT2D eigenvalue weighted by Crippen LogP contribution is -2.57. The maximum Gasteiger partial charge on any atom is 0.312 e. The third-order valence-corrected chi connectivity index (χ3v) is 5.57. The molecular formula is C22H25NO6. The standard InChI is InChI=1S/C22H25NO6/c1-28-17-9-8-16(12-18(17)29-2)20(25)23-11-10-22(21(26)27,19(24)14-23)13-15-6-4-3-5-7-15/h3-9,12,19,24H,10-11,13-14H2,1-2H3,(H,26,27)/t19-,22+/m0/s1. The maximum atomic E-state index is 12.9. The van der Waals surface area contributed by atoms with Gasteiger partial charge in [0.05, 0.1) is 20.3 Å². The number of carboxylic acid groups (broad SMARTS) is 1. The fourth-order valence-corrected chi connectivity index (χ4v) is 3.80. The van der Waals surface area contributed by atoms with Crippen molar-refractivity contribution in [3.05, 3.63) is 59.7 Å². The molecule has 154 valence electrons. The Morgan fingerprint density at radius 3 is 2.38 bits per heavy atom. The molecule has 0 spiro atoms. The third kappa shape index (κ3) is 4.05. The SMILES string of the molecule is COc1ccc(C(=O)N2CC[C@](Cc3ccccc3)(C(=O)O)[C@@H](O)C2)cc1OC. The molecule has 2 N–H and O–H groups in total. The fourth-order valence-electron chi connectivity index (χ4n) is 3.80. The van der Waals surface area contributed by atoms with Crippen LogP contribution in [0.25, 0.3) is 0 Å². The van der Waals surface area contributed by atoms with Gasteiger partial charge < -0.3 is 24.6 Å². The zero-order valence-electron chi connectivity index (χ0n) is 16.5. The summed E-state index contributed by atoms with van der Waals surface area (Å²) in [5.74, 6) is -0.397. The highest BCUT2D eigenvalue weighted by molar-refractivity contribution is 5.95. The number of carbonyl (C=O) groups excluding carboxylic acids is 1. The van der Waals surface area contributed by atoms with Crippen molar-refractivity contribution in [1.82, 2.24) is 4.90 Å². The minimum absolute atomic E-state index is 0.0493. The summed E-state index contributed by atoms with van der Waals surface area (Å²) in [6, 6.07) is 14.1. The van der Waals surface area contributed by atoms with Gasteiger partial charge in [-0.25, -0.2) is 0 Å². The summed E-state index contributed by atoms with van der Waals surface area (Å²) in [7, 11) is 3.00. The first kappa shape index (κ1) is 20.7. The van der Waals surface area contributed by atoms with Crippen molar-refractivity contribution in [2.45, 2.75) is 18.9 Å². The second-order valence-corrected chi connectivity index (χ2v) is 7.21. The fraction of sp³-hybridized carbons (Fsp3) is 0.364. The van der Waals surface area contributed by atoms with Gasteiger partial charge >= 0.3 is 5.97 Å². The smallest absolute Gasteiger partial charge is 0.312 e. The molecular weight excluding hydrogens is 374 g/mol. The van der Waals surface area contributed by atoms with Crippen LogP contribution in [-0.2, 0) is 11.2 Å². The topological polar surface area (TPSA) is 96.3 Å². The average molecular weight is 399 g/mol. The van der Waals surface area contributed by atoms with Gasteiger partial charge in [-0.3, -0.25) is 9.59 Å². The molecule has 1 aliphatic heterocycles. The van der Waals surface area contributed by atoms with E-state index in [1.807, 2.05) is 30.3 Å². The Morgan fingerprint density at radius 1 is 1.10 bits per heavy atom. The monoisotopic (exact) mass is 399 g/mol. The number of benzene rings is 2. The van der Waals surface area contributed by atoms with E-state index in [1.54, 1.807) is 18.2 Å². The Kier molecular flexibility index (Phi) is 6.08. The van der Waals surface area contributed by atoms with Gasteiger partial charge in [0, 0.05) is 18.7 Å². The number of likely N-dealkylation sites (tertiary alicyclic amines) is 1. The van der Waals surface area contributed by atoms with E-state index in [1.165, 1.54) is 19.1 Å². The first-order valence-electron chi connectivity index (χ1n) is 9.38. The number of carbonyl (C=O) groups is 2. The largest absolute Gasteiger partial charge is 0.493 e. The van der Waals surface area contributed by atoms with Crippen molar-refractivity contribution in [2.24, 2.45) is 5.41 Å². The van der Waals surface area contributed by atoms with Crippen molar-refractivity contribution in [1.29, 1.82) is 0 Å². The van der Waals surface area contributed by atoms with Gasteiger partial charge in [0.15, 0.2) is 11.5 Å². The number of nitrogens with zero attached hydrogens (tertiary/aromatic N) is 1. The first-order chi connectivity index (χ1) is 13.9. The molecule has 0 aromatic heterocycles. The zero-order valence-corrected chi connectivity index (χ0v) is 16.5. The third-order valence-electron chi connectivity index (χ3n) is 5.57. The summed E-state index contributed by atoms with van der Waals surface area (Å²) in [4.78, 5) is 26.5. The Labute approximate surface area is 169 Å². The Balaban J connectivity index is 1.79. The summed E-state index contributed by atoms with van der Waals surface area (Å²) in [5.41, 5.74) is -0.0928. The average Bonchev–Trinajstić information content (AvgIpc) is 2.74. The number of hydrogen-bond acceptors (Lipinski definition) is 5. The number of carboxylic acids is 1. The van der Waals surface area contributed by atoms with Crippen molar-refractivity contribution in [3.63, 3.8) is 0 Å². The van der Waals surface area contributed by atoms with Crippen LogP contribution in [-0.4, -0.2) is 60.4 Å². The molecule has 3 rings (SSSR count). The minimum Gasteiger partial charge on any atom is -0.493 e. The molecule has 2 aromatic carbocycles. The molecule has 0 aliphatic carbocycles. The van der Waals surface area contributed by atoms with Crippen LogP contribution >= 0.6 is 0 Å². The van der Waals surface area contributed by atoms with Crippen LogP contribution < -0.4 is 9.47 Å². The number of methoxy groups -OCH3 is 2. The number of rotatable bonds is 6. The Hall–Kier alpha value is -3.06. The lowest BCUT2D eigenvalue weighted by Gasteiger charge is -2.43. The van der Waals surface area contributed by atoms with E-state index in [4.69, 9.17) is 9.47 Å². The van der Waals surface area contributed by atoms with Crippen LogP contribution in [0.3, 0.4) is 0 Å². The summed E-state index contributed by atoms with van der Waals surface area (Å²) in [6.45, 7) is 0.190. The number of aliphatic hydroxyl groups is 1. The molecule has 1 amide bonds. The predicted octanol–water partition coefficient (Wildman–Crippen LogP) is 2.22. The highest BCUT2D eigenvalue weighted by atomic mass is 16.5. The molecule has 1 aliphatic rings. The van der Waals surface area contributed by atoms with E-state index in [0.717, 1.165) is 5.56 Å². The number of ether oxygens (including phenoxy) is 2. The van der Waals surface area contributed by atoms with Crippen LogP contribution in [0, 0.1) is 5.41 Å². The molecule has 1 fully saturated rings. The summed E-state index contributed by atoms with van der Waals surface area (Å²) >= 11 is 0. The lowest BCUT2D eigenvalue weighted by atomic mass is 9.71. The van der Waals surface area contributed by atoms with Crippen LogP contribution in [0.15, 0.2) is 48.5 Å². The molecule has 2 atom stereocenters. The number of amides is 1. The van der Waals surface area contributed by atoms with Crippen molar-refractivity contribution >= 4 is 11.9 Å². The van der Waals surface area contributed by atoms with Crippen LogP contribution in [0.4, 0.5) is 0 Å². The normalized spacial score (nSPS) is 21.5. The second kappa shape index (κ2) is 8.53. The van der Waals surface area contributed by atoms with Crippen LogP contribution in [0.1, 0.15) is 22.3 Å². The summed E-state index contributed by atoms with van der Waals surface area (Å²) < 4.78 is 10.4. The van der Waals surface area contributed by atoms with Gasteiger partial charge in [-0.15, -0.1) is 0 Å². The van der Waals surface area contributed by atoms with Crippen LogP contribution in [0.2, 0.25) is 0 Å². The molecule has 0 radical (unpaired) electrons. The molecule has 29 heavy (non-hydrogen) atoms. The predicted molar refractivity (Wildman–Crippen MR) is 106 cm³/mol. The van der Waals surface area contributed by atoms with Crippen molar-refractivity contribution < 1.29 is 29.3 Å². The molecule has 0 saturated carbocycles. The van der Waals surface area contributed by atoms with Gasteiger partial charge in [0.2, 0.25) is 0 Å². The molecule has 1 saturated heterocycles. The van der Waals surface area contributed by atoms with Gasteiger partial charge in [0.25, 0.3) is 5.91 Å². The number of piperidine rings is 1. The Bertz CT molecular complexity index is 884. The van der Waals surface area contributed by atoms with E-state index in [9.17, 15) is 19.8 Å². The van der Waals surface area contributed by atoms with E-state index < -0.39 is 17.5 Å². The van der Waals surface area contributed by atoms with Gasteiger partial charge in [-0.2, -0.15) is 0 Å². The highest BCUT2D eigenvalue weighted by Gasteiger charge is 2.49. The number of hydrogen-bond donors (Lipinski definition) is 2. The number of aliphatic carboxylic acids is 1. The van der Waals surface area contributed by atoms with Crippen molar-refractivity contribution in [2.75, 3.05) is 27.3 Å². The maximum absolute atomic E-state index is 12.9. The summed E-state index contributed by atoms with van der Waals surface area (Å²) in [5, 5.41) is 20.7. The Morgan fingerprint density at radius 2 is 1.79 bits per heavy atom. The van der Waals surface area contributed by atoms with E-state index >= 15 is 0 Å². The molecule has 7 heteroatoms. The number of aliphatic hydroxyl groups excluding tert-OH is 1. The number of β-amino-alcohol motifs (C(OH)–C–C–N with tert-alkyl or cyclic N) is 1. The molecule has 1 heterocycles. The quantitative estimate of drug-likeness (QED) is 0.773. The molecule has 0 bridgehead atoms. The molecule has 7 nitrogen and oxygen atoms in total. The second-order valence-electron chi connectivity index (χ2n) is 7.21. The van der Waals surface area contributed by atoms with E-state index in [-0.39, 0.29) is 31.8 Å². The van der Waals surface area contributed by atoms with E-state index in [2.05, 4.69) is 0 Å². The summed E-state index contributed by atoms with van der Waals surface area (Å²) in [6.07, 6.45) is -0.807. The van der Waals surface area contributed by atoms with Gasteiger partial charge in [-0.1, -0.05) is 30.3 Å². The van der Waals surface area contributed by atoms with Crippen molar-refractivity contribution in [3.8, 4) is 11.5 Å². The highest BCUT2D eigenvalue weighted by Crippen LogP contribution is 2.37. The molecule has 0 unspecified atom stereocenters. The molecule has 2 aromatic rings. The zero-order chi connectivity index (χ0) is 21.0. The first-order valence-corrected chi connectivity index (χ1v) is 9.38. The van der Waals surface area contributed by atoms with Gasteiger partial charge in [-0.05, 0) is 36.6 Å². The van der Waals surface area contributed by atoms with Gasteiger partial charge in [0.1, 0.15) is 5.41 Å². The van der Waals surface area contributed by atoms with E-state index in [0.29, 0.717) is 17.1 Å². The van der Waals surface area contributed by atoms with Crippen LogP contribution in [0.5, 0.6) is 11.5 Å². The minimum atomic E-state index is -1.32.